The quantitative estimate of drug-likeness (QED) is 0.402. The molecule has 0 saturated heterocycles. The van der Waals surface area contributed by atoms with E-state index in [0.29, 0.717) is 10.8 Å². The van der Waals surface area contributed by atoms with Crippen LogP contribution in [0.5, 0.6) is 0 Å². The minimum absolute atomic E-state index is 0.00429. The number of nitrogens with one attached hydrogen (secondary N) is 3. The van der Waals surface area contributed by atoms with Crippen LogP contribution in [0.25, 0.3) is 22.3 Å². The van der Waals surface area contributed by atoms with E-state index in [9.17, 15) is 4.79 Å². The molecule has 0 aliphatic heterocycles. The first-order valence-corrected chi connectivity index (χ1v) is 9.65. The van der Waals surface area contributed by atoms with Crippen molar-refractivity contribution in [1.82, 2.24) is 15.0 Å². The molecule has 29 heavy (non-hydrogen) atoms. The van der Waals surface area contributed by atoms with Crippen LogP contribution in [0.1, 0.15) is 13.8 Å². The Bertz CT molecular complexity index is 1170. The maximum atomic E-state index is 11.8. The third kappa shape index (κ3) is 4.22. The summed E-state index contributed by atoms with van der Waals surface area (Å²) in [5.74, 6) is 0.628. The van der Waals surface area contributed by atoms with Crippen molar-refractivity contribution < 1.29 is 4.79 Å². The zero-order valence-electron chi connectivity index (χ0n) is 16.0. The van der Waals surface area contributed by atoms with Crippen LogP contribution in [-0.4, -0.2) is 20.9 Å². The van der Waals surface area contributed by atoms with Crippen LogP contribution in [0.4, 0.5) is 17.2 Å². The number of benzene rings is 2. The molecule has 146 valence electrons. The largest absolute Gasteiger partial charge is 0.340 e. The molecule has 2 heterocycles. The van der Waals surface area contributed by atoms with Gasteiger partial charge in [0.05, 0.1) is 5.39 Å². The van der Waals surface area contributed by atoms with Crippen molar-refractivity contribution in [2.24, 2.45) is 5.92 Å². The monoisotopic (exact) mass is 405 g/mol. The summed E-state index contributed by atoms with van der Waals surface area (Å²) in [4.78, 5) is 23.9. The van der Waals surface area contributed by atoms with Gasteiger partial charge in [-0.2, -0.15) is 0 Å². The second-order valence-corrected chi connectivity index (χ2v) is 7.46. The summed E-state index contributed by atoms with van der Waals surface area (Å²) in [6.45, 7) is 3.73. The Balaban J connectivity index is 1.61. The number of amides is 1. The zero-order chi connectivity index (χ0) is 20.4. The lowest BCUT2D eigenvalue weighted by atomic mass is 10.1. The van der Waals surface area contributed by atoms with E-state index in [0.717, 1.165) is 33.7 Å². The summed E-state index contributed by atoms with van der Waals surface area (Å²) < 4.78 is 0. The van der Waals surface area contributed by atoms with Gasteiger partial charge in [-0.3, -0.25) is 4.79 Å². The Hall–Kier alpha value is -3.38. The van der Waals surface area contributed by atoms with Gasteiger partial charge < -0.3 is 15.6 Å². The fraction of sp³-hybridized carbons (Fsp3) is 0.136. The first-order chi connectivity index (χ1) is 14.0. The second-order valence-electron chi connectivity index (χ2n) is 7.02. The number of rotatable bonds is 5. The standard InChI is InChI=1S/C22H20ClN5O/c1-13(2)22(29)27-16-8-6-14(7-9-16)19-11-18-20(24-12-25-21(18)28-19)26-17-5-3-4-15(23)10-17/h3-13H,1-2H3,(H,27,29)(H2,24,25,26,28). The molecule has 0 atom stereocenters. The molecule has 2 aromatic heterocycles. The van der Waals surface area contributed by atoms with Crippen molar-refractivity contribution in [2.75, 3.05) is 10.6 Å². The van der Waals surface area contributed by atoms with E-state index in [-0.39, 0.29) is 11.8 Å². The van der Waals surface area contributed by atoms with Crippen LogP contribution < -0.4 is 10.6 Å². The van der Waals surface area contributed by atoms with Crippen LogP contribution in [-0.2, 0) is 4.79 Å². The van der Waals surface area contributed by atoms with E-state index >= 15 is 0 Å². The number of carbonyl (C=O) groups excluding carboxylic acids is 1. The summed E-state index contributed by atoms with van der Waals surface area (Å²) >= 11 is 6.07. The highest BCUT2D eigenvalue weighted by Gasteiger charge is 2.11. The summed E-state index contributed by atoms with van der Waals surface area (Å²) in [5.41, 5.74) is 4.25. The number of carbonyl (C=O) groups is 1. The Kier molecular flexibility index (Phi) is 5.18. The van der Waals surface area contributed by atoms with E-state index in [1.54, 1.807) is 0 Å². The van der Waals surface area contributed by atoms with Crippen LogP contribution in [0, 0.1) is 5.92 Å². The number of hydrogen-bond acceptors (Lipinski definition) is 4. The molecule has 0 fully saturated rings. The average molecular weight is 406 g/mol. The third-order valence-electron chi connectivity index (χ3n) is 4.50. The van der Waals surface area contributed by atoms with Gasteiger partial charge in [-0.1, -0.05) is 43.6 Å². The van der Waals surface area contributed by atoms with Crippen molar-refractivity contribution in [2.45, 2.75) is 13.8 Å². The number of H-pyrrole nitrogens is 1. The molecule has 0 radical (unpaired) electrons. The van der Waals surface area contributed by atoms with Gasteiger partial charge in [0.2, 0.25) is 5.91 Å². The number of nitrogens with zero attached hydrogens (tertiary/aromatic N) is 2. The molecule has 0 aliphatic rings. The highest BCUT2D eigenvalue weighted by molar-refractivity contribution is 6.30. The number of anilines is 3. The van der Waals surface area contributed by atoms with Gasteiger partial charge in [-0.25, -0.2) is 9.97 Å². The maximum Gasteiger partial charge on any atom is 0.226 e. The Morgan fingerprint density at radius 1 is 1.03 bits per heavy atom. The predicted molar refractivity (Wildman–Crippen MR) is 118 cm³/mol. The lowest BCUT2D eigenvalue weighted by Crippen LogP contribution is -2.17. The maximum absolute atomic E-state index is 11.8. The first-order valence-electron chi connectivity index (χ1n) is 9.27. The highest BCUT2D eigenvalue weighted by Crippen LogP contribution is 2.29. The Morgan fingerprint density at radius 3 is 2.55 bits per heavy atom. The zero-order valence-corrected chi connectivity index (χ0v) is 16.8. The fourth-order valence-electron chi connectivity index (χ4n) is 2.92. The molecule has 3 N–H and O–H groups in total. The van der Waals surface area contributed by atoms with Crippen molar-refractivity contribution in [3.05, 3.63) is 65.9 Å². The molecular formula is C22H20ClN5O. The SMILES string of the molecule is CC(C)C(=O)Nc1ccc(-c2cc3c(Nc4cccc(Cl)c4)ncnc3[nH]2)cc1. The Labute approximate surface area is 173 Å². The molecule has 1 amide bonds. The van der Waals surface area contributed by atoms with Gasteiger partial charge in [0.1, 0.15) is 17.8 Å². The number of fused-ring (bicyclic) bond motifs is 1. The minimum atomic E-state index is -0.0626. The van der Waals surface area contributed by atoms with Gasteiger partial charge in [-0.15, -0.1) is 0 Å². The van der Waals surface area contributed by atoms with E-state index in [4.69, 9.17) is 11.6 Å². The third-order valence-corrected chi connectivity index (χ3v) is 4.74. The molecule has 2 aromatic carbocycles. The van der Waals surface area contributed by atoms with Gasteiger partial charge in [0.25, 0.3) is 0 Å². The topological polar surface area (TPSA) is 82.7 Å². The van der Waals surface area contributed by atoms with Crippen LogP contribution >= 0.6 is 11.6 Å². The lowest BCUT2D eigenvalue weighted by molar-refractivity contribution is -0.118. The summed E-state index contributed by atoms with van der Waals surface area (Å²) in [6.07, 6.45) is 1.51. The number of aromatic nitrogens is 3. The van der Waals surface area contributed by atoms with E-state index in [2.05, 4.69) is 25.6 Å². The molecule has 0 aliphatic carbocycles. The van der Waals surface area contributed by atoms with Gasteiger partial charge in [0.15, 0.2) is 0 Å². The summed E-state index contributed by atoms with van der Waals surface area (Å²) in [7, 11) is 0. The molecule has 0 spiro atoms. The molecule has 4 aromatic rings. The van der Waals surface area contributed by atoms with Crippen molar-refractivity contribution in [1.29, 1.82) is 0 Å². The molecule has 7 heteroatoms. The van der Waals surface area contributed by atoms with Crippen LogP contribution in [0.2, 0.25) is 5.02 Å². The van der Waals surface area contributed by atoms with Gasteiger partial charge >= 0.3 is 0 Å². The highest BCUT2D eigenvalue weighted by atomic mass is 35.5. The molecule has 0 bridgehead atoms. The number of halogens is 1. The molecule has 6 nitrogen and oxygen atoms in total. The average Bonchev–Trinajstić information content (AvgIpc) is 3.14. The molecular weight excluding hydrogens is 386 g/mol. The Morgan fingerprint density at radius 2 is 1.83 bits per heavy atom. The van der Waals surface area contributed by atoms with E-state index < -0.39 is 0 Å². The second kappa shape index (κ2) is 7.93. The minimum Gasteiger partial charge on any atom is -0.340 e. The van der Waals surface area contributed by atoms with E-state index in [1.165, 1.54) is 6.33 Å². The molecule has 0 unspecified atom stereocenters. The molecule has 4 rings (SSSR count). The van der Waals surface area contributed by atoms with Gasteiger partial charge in [0, 0.05) is 28.0 Å². The van der Waals surface area contributed by atoms with Gasteiger partial charge in [-0.05, 0) is 42.0 Å². The van der Waals surface area contributed by atoms with Crippen molar-refractivity contribution >= 4 is 45.7 Å². The molecule has 0 saturated carbocycles. The smallest absolute Gasteiger partial charge is 0.226 e. The van der Waals surface area contributed by atoms with Crippen molar-refractivity contribution in [3.63, 3.8) is 0 Å². The van der Waals surface area contributed by atoms with Crippen LogP contribution in [0.15, 0.2) is 60.9 Å². The lowest BCUT2D eigenvalue weighted by Gasteiger charge is -2.08. The number of aromatic amines is 1. The van der Waals surface area contributed by atoms with Crippen molar-refractivity contribution in [3.8, 4) is 11.3 Å². The fourth-order valence-corrected chi connectivity index (χ4v) is 3.11. The number of hydrogen-bond donors (Lipinski definition) is 3. The normalized spacial score (nSPS) is 11.0. The predicted octanol–water partition coefficient (Wildman–Crippen LogP) is 5.62. The van der Waals surface area contributed by atoms with E-state index in [1.807, 2.05) is 68.4 Å². The van der Waals surface area contributed by atoms with Crippen LogP contribution in [0.3, 0.4) is 0 Å². The summed E-state index contributed by atoms with van der Waals surface area (Å²) in [5, 5.41) is 7.71. The first kappa shape index (κ1) is 19.0. The summed E-state index contributed by atoms with van der Waals surface area (Å²) in [6, 6.07) is 17.2.